The molecule has 0 spiro atoms. The van der Waals surface area contributed by atoms with Gasteiger partial charge in [-0.2, -0.15) is 0 Å². The second kappa shape index (κ2) is 4.41. The Balaban J connectivity index is 3.04. The lowest BCUT2D eigenvalue weighted by atomic mass is 10.5. The Morgan fingerprint density at radius 1 is 1.50 bits per heavy atom. The maximum Gasteiger partial charge on any atom is 0.232 e. The number of sulfone groups is 1. The SMILES string of the molecule is CCCOc1ncccc1S(C)(=O)=O. The molecule has 1 rings (SSSR count). The quantitative estimate of drug-likeness (QED) is 0.759. The first-order chi connectivity index (χ1) is 6.55. The average Bonchev–Trinajstić information content (AvgIpc) is 2.14. The molecule has 0 unspecified atom stereocenters. The zero-order valence-corrected chi connectivity index (χ0v) is 9.04. The van der Waals surface area contributed by atoms with Gasteiger partial charge >= 0.3 is 0 Å². The van der Waals surface area contributed by atoms with Gasteiger partial charge in [0.25, 0.3) is 0 Å². The van der Waals surface area contributed by atoms with E-state index in [2.05, 4.69) is 4.98 Å². The van der Waals surface area contributed by atoms with Crippen molar-refractivity contribution in [3.05, 3.63) is 18.3 Å². The maximum absolute atomic E-state index is 11.3. The molecule has 0 saturated heterocycles. The Labute approximate surface area is 83.8 Å². The van der Waals surface area contributed by atoms with Gasteiger partial charge in [0.15, 0.2) is 9.84 Å². The largest absolute Gasteiger partial charge is 0.477 e. The van der Waals surface area contributed by atoms with Gasteiger partial charge in [-0.25, -0.2) is 13.4 Å². The van der Waals surface area contributed by atoms with E-state index in [0.29, 0.717) is 6.61 Å². The molecule has 0 amide bonds. The van der Waals surface area contributed by atoms with Gasteiger partial charge < -0.3 is 4.74 Å². The normalized spacial score (nSPS) is 11.3. The number of rotatable bonds is 4. The minimum absolute atomic E-state index is 0.147. The van der Waals surface area contributed by atoms with Gasteiger partial charge in [0.05, 0.1) is 6.61 Å². The summed E-state index contributed by atoms with van der Waals surface area (Å²) in [5.74, 6) is 0.192. The third-order valence-electron chi connectivity index (χ3n) is 1.58. The van der Waals surface area contributed by atoms with E-state index in [1.807, 2.05) is 6.92 Å². The van der Waals surface area contributed by atoms with E-state index in [1.165, 1.54) is 12.3 Å². The summed E-state index contributed by atoms with van der Waals surface area (Å²) in [5.41, 5.74) is 0. The fourth-order valence-corrected chi connectivity index (χ4v) is 1.72. The molecule has 0 atom stereocenters. The molecule has 1 aromatic heterocycles. The first kappa shape index (κ1) is 11.0. The predicted molar refractivity (Wildman–Crippen MR) is 53.1 cm³/mol. The van der Waals surface area contributed by atoms with Gasteiger partial charge in [-0.05, 0) is 18.6 Å². The van der Waals surface area contributed by atoms with E-state index in [1.54, 1.807) is 6.07 Å². The number of aromatic nitrogens is 1. The van der Waals surface area contributed by atoms with Crippen LogP contribution < -0.4 is 4.74 Å². The van der Waals surface area contributed by atoms with E-state index >= 15 is 0 Å². The Morgan fingerprint density at radius 3 is 2.79 bits per heavy atom. The van der Waals surface area contributed by atoms with Crippen molar-refractivity contribution >= 4 is 9.84 Å². The van der Waals surface area contributed by atoms with Gasteiger partial charge in [0, 0.05) is 12.5 Å². The summed E-state index contributed by atoms with van der Waals surface area (Å²) in [6.07, 6.45) is 3.47. The number of hydrogen-bond acceptors (Lipinski definition) is 4. The van der Waals surface area contributed by atoms with E-state index in [0.717, 1.165) is 12.7 Å². The Kier molecular flexibility index (Phi) is 3.46. The summed E-state index contributed by atoms with van der Waals surface area (Å²) in [6.45, 7) is 2.42. The third-order valence-corrected chi connectivity index (χ3v) is 2.69. The average molecular weight is 215 g/mol. The third kappa shape index (κ3) is 2.70. The van der Waals surface area contributed by atoms with Crippen LogP contribution in [0.5, 0.6) is 5.88 Å². The highest BCUT2D eigenvalue weighted by Crippen LogP contribution is 2.19. The predicted octanol–water partition coefficient (Wildman–Crippen LogP) is 1.27. The Hall–Kier alpha value is -1.10. The van der Waals surface area contributed by atoms with Crippen LogP contribution in [0.15, 0.2) is 23.2 Å². The molecule has 4 nitrogen and oxygen atoms in total. The highest BCUT2D eigenvalue weighted by Gasteiger charge is 2.14. The monoisotopic (exact) mass is 215 g/mol. The van der Waals surface area contributed by atoms with Crippen molar-refractivity contribution < 1.29 is 13.2 Å². The van der Waals surface area contributed by atoms with Gasteiger partial charge in [-0.3, -0.25) is 0 Å². The van der Waals surface area contributed by atoms with E-state index in [9.17, 15) is 8.42 Å². The molecule has 14 heavy (non-hydrogen) atoms. The summed E-state index contributed by atoms with van der Waals surface area (Å²) in [5, 5.41) is 0. The zero-order chi connectivity index (χ0) is 10.6. The summed E-state index contributed by atoms with van der Waals surface area (Å²) >= 11 is 0. The fourth-order valence-electron chi connectivity index (χ4n) is 0.965. The van der Waals surface area contributed by atoms with E-state index < -0.39 is 9.84 Å². The van der Waals surface area contributed by atoms with Crippen LogP contribution in [0, 0.1) is 0 Å². The molecule has 0 fully saturated rings. The van der Waals surface area contributed by atoms with Crippen LogP contribution in [-0.2, 0) is 9.84 Å². The number of ether oxygens (including phenoxy) is 1. The molecule has 5 heteroatoms. The molecular formula is C9H13NO3S. The van der Waals surface area contributed by atoms with Crippen molar-refractivity contribution in [3.8, 4) is 5.88 Å². The van der Waals surface area contributed by atoms with Crippen LogP contribution in [0.3, 0.4) is 0 Å². The number of hydrogen-bond donors (Lipinski definition) is 0. The van der Waals surface area contributed by atoms with Crippen LogP contribution in [0.1, 0.15) is 13.3 Å². The number of nitrogens with zero attached hydrogens (tertiary/aromatic N) is 1. The molecule has 0 bridgehead atoms. The van der Waals surface area contributed by atoms with Crippen molar-refractivity contribution in [2.75, 3.05) is 12.9 Å². The smallest absolute Gasteiger partial charge is 0.232 e. The maximum atomic E-state index is 11.3. The molecule has 0 aliphatic rings. The molecule has 0 saturated carbocycles. The van der Waals surface area contributed by atoms with Gasteiger partial charge in [0.1, 0.15) is 4.90 Å². The summed E-state index contributed by atoms with van der Waals surface area (Å²) in [7, 11) is -3.25. The lowest BCUT2D eigenvalue weighted by Crippen LogP contribution is -2.05. The standard InChI is InChI=1S/C9H13NO3S/c1-3-7-13-9-8(14(2,11)12)5-4-6-10-9/h4-6H,3,7H2,1-2H3. The Bertz CT molecular complexity index is 400. The van der Waals surface area contributed by atoms with E-state index in [-0.39, 0.29) is 10.8 Å². The summed E-state index contributed by atoms with van der Waals surface area (Å²) in [6, 6.07) is 3.07. The topological polar surface area (TPSA) is 56.3 Å². The molecular weight excluding hydrogens is 202 g/mol. The van der Waals surface area contributed by atoms with Crippen LogP contribution in [0.25, 0.3) is 0 Å². The van der Waals surface area contributed by atoms with Gasteiger partial charge in [0.2, 0.25) is 5.88 Å². The molecule has 0 N–H and O–H groups in total. The molecule has 78 valence electrons. The Morgan fingerprint density at radius 2 is 2.21 bits per heavy atom. The van der Waals surface area contributed by atoms with Gasteiger partial charge in [-0.15, -0.1) is 0 Å². The molecule has 1 heterocycles. The molecule has 1 aromatic rings. The molecule has 0 aromatic carbocycles. The van der Waals surface area contributed by atoms with Crippen molar-refractivity contribution in [2.45, 2.75) is 18.2 Å². The second-order valence-electron chi connectivity index (χ2n) is 2.93. The lowest BCUT2D eigenvalue weighted by Gasteiger charge is -2.06. The molecule has 0 aliphatic heterocycles. The van der Waals surface area contributed by atoms with Crippen LogP contribution >= 0.6 is 0 Å². The first-order valence-electron chi connectivity index (χ1n) is 4.33. The van der Waals surface area contributed by atoms with Gasteiger partial charge in [-0.1, -0.05) is 6.92 Å². The molecule has 0 radical (unpaired) electrons. The summed E-state index contributed by atoms with van der Waals surface area (Å²) in [4.78, 5) is 4.03. The van der Waals surface area contributed by atoms with Crippen LogP contribution in [0.2, 0.25) is 0 Å². The van der Waals surface area contributed by atoms with Crippen molar-refractivity contribution in [3.63, 3.8) is 0 Å². The lowest BCUT2D eigenvalue weighted by molar-refractivity contribution is 0.296. The highest BCUT2D eigenvalue weighted by atomic mass is 32.2. The minimum Gasteiger partial charge on any atom is -0.477 e. The number of pyridine rings is 1. The van der Waals surface area contributed by atoms with Crippen LogP contribution in [0.4, 0.5) is 0 Å². The fraction of sp³-hybridized carbons (Fsp3) is 0.444. The van der Waals surface area contributed by atoms with Crippen LogP contribution in [-0.4, -0.2) is 26.3 Å². The van der Waals surface area contributed by atoms with Crippen molar-refractivity contribution in [1.29, 1.82) is 0 Å². The first-order valence-corrected chi connectivity index (χ1v) is 6.22. The summed E-state index contributed by atoms with van der Waals surface area (Å²) < 4.78 is 27.8. The highest BCUT2D eigenvalue weighted by molar-refractivity contribution is 7.90. The van der Waals surface area contributed by atoms with E-state index in [4.69, 9.17) is 4.74 Å². The second-order valence-corrected chi connectivity index (χ2v) is 4.91. The minimum atomic E-state index is -3.25. The van der Waals surface area contributed by atoms with Crippen molar-refractivity contribution in [2.24, 2.45) is 0 Å². The zero-order valence-electron chi connectivity index (χ0n) is 8.23. The van der Waals surface area contributed by atoms with Crippen molar-refractivity contribution in [1.82, 2.24) is 4.98 Å². The molecule has 0 aliphatic carbocycles.